The summed E-state index contributed by atoms with van der Waals surface area (Å²) in [6.45, 7) is 0. The Morgan fingerprint density at radius 2 is 2.40 bits per heavy atom. The van der Waals surface area contributed by atoms with Crippen molar-refractivity contribution in [3.05, 3.63) is 0 Å². The lowest BCUT2D eigenvalue weighted by molar-refractivity contribution is -0.143. The van der Waals surface area contributed by atoms with Crippen molar-refractivity contribution in [3.8, 4) is 0 Å². The maximum Gasteiger partial charge on any atom is 0.338 e. The summed E-state index contributed by atoms with van der Waals surface area (Å²) < 4.78 is 5.13. The van der Waals surface area contributed by atoms with Crippen LogP contribution >= 0.6 is 0 Å². The van der Waals surface area contributed by atoms with Crippen LogP contribution in [0.15, 0.2) is 0 Å². The number of hydrogen-bond donors (Lipinski definition) is 1. The number of carbonyl (C=O) groups is 1. The zero-order valence-corrected chi connectivity index (χ0v) is 5.67. The van der Waals surface area contributed by atoms with E-state index in [9.17, 15) is 4.79 Å². The molecule has 1 aliphatic carbocycles. The van der Waals surface area contributed by atoms with E-state index in [1.54, 1.807) is 0 Å². The summed E-state index contributed by atoms with van der Waals surface area (Å²) in [7, 11) is 0. The van der Waals surface area contributed by atoms with E-state index in [2.05, 4.69) is 0 Å². The molecule has 0 amide bonds. The maximum atomic E-state index is 10.6. The van der Waals surface area contributed by atoms with Crippen molar-refractivity contribution in [2.45, 2.75) is 37.4 Å². The Labute approximate surface area is 59.0 Å². The number of hydrogen-bond acceptors (Lipinski definition) is 2. The fraction of sp³-hybridized carbons (Fsp3) is 0.857. The number of carboxylic acids is 1. The lowest BCUT2D eigenvalue weighted by Gasteiger charge is -2.11. The molecule has 2 atom stereocenters. The third-order valence-corrected chi connectivity index (χ3v) is 2.44. The normalized spacial score (nSPS) is 44.2. The summed E-state index contributed by atoms with van der Waals surface area (Å²) in [5.41, 5.74) is -0.738. The molecule has 2 aliphatic rings. The van der Waals surface area contributed by atoms with Gasteiger partial charge in [-0.15, -0.1) is 0 Å². The SMILES string of the molecule is O=C(O)[C@@]12CCCCC1O2. The van der Waals surface area contributed by atoms with Gasteiger partial charge in [-0.1, -0.05) is 6.42 Å². The molecule has 3 nitrogen and oxygen atoms in total. The van der Waals surface area contributed by atoms with Gasteiger partial charge in [-0.05, 0) is 19.3 Å². The van der Waals surface area contributed by atoms with Crippen molar-refractivity contribution in [1.29, 1.82) is 0 Å². The van der Waals surface area contributed by atoms with Crippen molar-refractivity contribution in [3.63, 3.8) is 0 Å². The predicted molar refractivity (Wildman–Crippen MR) is 33.7 cm³/mol. The molecular weight excluding hydrogens is 132 g/mol. The lowest BCUT2D eigenvalue weighted by atomic mass is 9.89. The molecule has 56 valence electrons. The summed E-state index contributed by atoms with van der Waals surface area (Å²) in [6.07, 6.45) is 3.82. The molecule has 0 bridgehead atoms. The summed E-state index contributed by atoms with van der Waals surface area (Å²) in [6, 6.07) is 0. The standard InChI is InChI=1S/C7H10O3/c8-6(9)7-4-2-1-3-5(7)10-7/h5H,1-4H2,(H,8,9)/t5?,7-/m1/s1. The number of fused-ring (bicyclic) bond motifs is 1. The average Bonchev–Trinajstić information content (AvgIpc) is 2.61. The van der Waals surface area contributed by atoms with Gasteiger partial charge in [-0.2, -0.15) is 0 Å². The lowest BCUT2D eigenvalue weighted by Crippen LogP contribution is -2.29. The Kier molecular flexibility index (Phi) is 1.06. The van der Waals surface area contributed by atoms with Gasteiger partial charge < -0.3 is 9.84 Å². The fourth-order valence-corrected chi connectivity index (χ4v) is 1.74. The van der Waals surface area contributed by atoms with E-state index in [1.807, 2.05) is 0 Å². The van der Waals surface area contributed by atoms with Crippen molar-refractivity contribution in [1.82, 2.24) is 0 Å². The third-order valence-electron chi connectivity index (χ3n) is 2.44. The number of ether oxygens (including phenoxy) is 1. The third kappa shape index (κ3) is 0.611. The highest BCUT2D eigenvalue weighted by molar-refractivity contribution is 5.81. The second kappa shape index (κ2) is 1.72. The highest BCUT2D eigenvalue weighted by atomic mass is 16.6. The molecule has 1 saturated heterocycles. The van der Waals surface area contributed by atoms with Crippen molar-refractivity contribution < 1.29 is 14.6 Å². The number of rotatable bonds is 1. The van der Waals surface area contributed by atoms with Gasteiger partial charge in [0.15, 0.2) is 5.60 Å². The van der Waals surface area contributed by atoms with Gasteiger partial charge in [0.2, 0.25) is 0 Å². The van der Waals surface area contributed by atoms with Crippen LogP contribution in [0.25, 0.3) is 0 Å². The number of carboxylic acid groups (broad SMARTS) is 1. The summed E-state index contributed by atoms with van der Waals surface area (Å²) >= 11 is 0. The molecule has 3 heteroatoms. The van der Waals surface area contributed by atoms with Crippen molar-refractivity contribution in [2.75, 3.05) is 0 Å². The summed E-state index contributed by atoms with van der Waals surface area (Å²) in [5, 5.41) is 8.71. The molecule has 1 unspecified atom stereocenters. The Morgan fingerprint density at radius 3 is 2.90 bits per heavy atom. The first-order valence-corrected chi connectivity index (χ1v) is 3.67. The zero-order chi connectivity index (χ0) is 7.19. The first kappa shape index (κ1) is 6.16. The average molecular weight is 142 g/mol. The molecule has 1 saturated carbocycles. The van der Waals surface area contributed by atoms with E-state index in [0.717, 1.165) is 19.3 Å². The number of aliphatic carboxylic acids is 1. The van der Waals surface area contributed by atoms with Gasteiger partial charge in [0.1, 0.15) is 0 Å². The monoisotopic (exact) mass is 142 g/mol. The van der Waals surface area contributed by atoms with Gasteiger partial charge in [-0.25, -0.2) is 4.79 Å². The molecule has 0 aromatic carbocycles. The molecule has 0 aromatic heterocycles. The predicted octanol–water partition coefficient (Wildman–Crippen LogP) is 0.783. The summed E-state index contributed by atoms with van der Waals surface area (Å²) in [5.74, 6) is -0.766. The van der Waals surface area contributed by atoms with Crippen LogP contribution < -0.4 is 0 Å². The molecule has 0 aromatic rings. The molecule has 0 radical (unpaired) electrons. The molecule has 2 fully saturated rings. The highest BCUT2D eigenvalue weighted by Crippen LogP contribution is 2.47. The molecular formula is C7H10O3. The Bertz CT molecular complexity index is 178. The first-order chi connectivity index (χ1) is 4.76. The molecule has 1 heterocycles. The van der Waals surface area contributed by atoms with E-state index < -0.39 is 11.6 Å². The Balaban J connectivity index is 2.12. The zero-order valence-electron chi connectivity index (χ0n) is 5.67. The van der Waals surface area contributed by atoms with Crippen LogP contribution in [-0.4, -0.2) is 22.8 Å². The van der Waals surface area contributed by atoms with Crippen LogP contribution in [0.5, 0.6) is 0 Å². The number of epoxide rings is 1. The minimum atomic E-state index is -0.766. The van der Waals surface area contributed by atoms with Gasteiger partial charge in [0, 0.05) is 0 Å². The smallest absolute Gasteiger partial charge is 0.338 e. The Hall–Kier alpha value is -0.570. The van der Waals surface area contributed by atoms with E-state index in [0.29, 0.717) is 6.42 Å². The molecule has 0 spiro atoms. The van der Waals surface area contributed by atoms with E-state index in [-0.39, 0.29) is 6.10 Å². The maximum absolute atomic E-state index is 10.6. The quantitative estimate of drug-likeness (QED) is 0.550. The van der Waals surface area contributed by atoms with Gasteiger partial charge in [-0.3, -0.25) is 0 Å². The Morgan fingerprint density at radius 1 is 1.60 bits per heavy atom. The first-order valence-electron chi connectivity index (χ1n) is 3.67. The topological polar surface area (TPSA) is 49.8 Å². The van der Waals surface area contributed by atoms with Crippen molar-refractivity contribution >= 4 is 5.97 Å². The van der Waals surface area contributed by atoms with E-state index in [1.165, 1.54) is 0 Å². The van der Waals surface area contributed by atoms with Crippen LogP contribution in [-0.2, 0) is 9.53 Å². The van der Waals surface area contributed by atoms with Crippen LogP contribution in [0.3, 0.4) is 0 Å². The minimum Gasteiger partial charge on any atom is -0.479 e. The van der Waals surface area contributed by atoms with Crippen molar-refractivity contribution in [2.24, 2.45) is 0 Å². The minimum absolute atomic E-state index is 0.0405. The highest BCUT2D eigenvalue weighted by Gasteiger charge is 2.63. The summed E-state index contributed by atoms with van der Waals surface area (Å²) in [4.78, 5) is 10.6. The van der Waals surface area contributed by atoms with Gasteiger partial charge >= 0.3 is 5.97 Å². The fourth-order valence-electron chi connectivity index (χ4n) is 1.74. The van der Waals surface area contributed by atoms with Gasteiger partial charge in [0.25, 0.3) is 0 Å². The molecule has 1 N–H and O–H groups in total. The van der Waals surface area contributed by atoms with Crippen LogP contribution in [0.4, 0.5) is 0 Å². The van der Waals surface area contributed by atoms with Crippen LogP contribution in [0.2, 0.25) is 0 Å². The van der Waals surface area contributed by atoms with Crippen LogP contribution in [0.1, 0.15) is 25.7 Å². The van der Waals surface area contributed by atoms with E-state index >= 15 is 0 Å². The molecule has 2 rings (SSSR count). The van der Waals surface area contributed by atoms with E-state index in [4.69, 9.17) is 9.84 Å². The molecule has 10 heavy (non-hydrogen) atoms. The van der Waals surface area contributed by atoms with Crippen LogP contribution in [0, 0.1) is 0 Å². The second-order valence-corrected chi connectivity index (χ2v) is 3.05. The largest absolute Gasteiger partial charge is 0.479 e. The van der Waals surface area contributed by atoms with Gasteiger partial charge in [0.05, 0.1) is 6.10 Å². The molecule has 1 aliphatic heterocycles. The second-order valence-electron chi connectivity index (χ2n) is 3.05.